The molecule has 5 heteroatoms. The molecule has 0 unspecified atom stereocenters. The molecule has 0 spiro atoms. The molecule has 1 aromatic carbocycles. The first-order valence-corrected chi connectivity index (χ1v) is 8.03. The minimum Gasteiger partial charge on any atom is -0.469 e. The van der Waals surface area contributed by atoms with Crippen molar-refractivity contribution in [1.82, 2.24) is 5.32 Å². The van der Waals surface area contributed by atoms with Crippen LogP contribution in [0.3, 0.4) is 0 Å². The van der Waals surface area contributed by atoms with Gasteiger partial charge in [0.25, 0.3) is 0 Å². The molecule has 0 aromatic heterocycles. The summed E-state index contributed by atoms with van der Waals surface area (Å²) in [7, 11) is 0. The van der Waals surface area contributed by atoms with Crippen molar-refractivity contribution in [2.75, 3.05) is 0 Å². The van der Waals surface area contributed by atoms with Gasteiger partial charge in [0.1, 0.15) is 22.3 Å². The molecule has 23 heavy (non-hydrogen) atoms. The summed E-state index contributed by atoms with van der Waals surface area (Å²) < 4.78 is 11.4. The number of carbonyl (C=O) groups is 2. The second kappa shape index (κ2) is 6.22. The average Bonchev–Trinajstić information content (AvgIpc) is 2.47. The van der Waals surface area contributed by atoms with Crippen LogP contribution in [0.1, 0.15) is 57.8 Å². The molecule has 0 aliphatic carbocycles. The highest BCUT2D eigenvalue weighted by molar-refractivity contribution is 5.93. The van der Waals surface area contributed by atoms with Crippen molar-refractivity contribution in [1.29, 1.82) is 0 Å². The monoisotopic (exact) mass is 319 g/mol. The number of benzene rings is 1. The molecule has 1 N–H and O–H groups in total. The van der Waals surface area contributed by atoms with E-state index in [4.69, 9.17) is 9.47 Å². The van der Waals surface area contributed by atoms with Crippen molar-refractivity contribution in [3.63, 3.8) is 0 Å². The van der Waals surface area contributed by atoms with Crippen molar-refractivity contribution in [2.24, 2.45) is 5.41 Å². The first-order valence-electron chi connectivity index (χ1n) is 8.03. The van der Waals surface area contributed by atoms with Gasteiger partial charge in [0.15, 0.2) is 6.23 Å². The van der Waals surface area contributed by atoms with Gasteiger partial charge in [0.05, 0.1) is 0 Å². The van der Waals surface area contributed by atoms with E-state index in [2.05, 4.69) is 5.32 Å². The maximum absolute atomic E-state index is 12.3. The lowest BCUT2D eigenvalue weighted by molar-refractivity contribution is -0.161. The van der Waals surface area contributed by atoms with E-state index in [1.54, 1.807) is 24.3 Å². The molecule has 1 fully saturated rings. The molecule has 1 aliphatic heterocycles. The molecular formula is C18H25NO4. The van der Waals surface area contributed by atoms with E-state index >= 15 is 0 Å². The number of nitrogens with one attached hydrogen (secondary N) is 1. The molecule has 0 bridgehead atoms. The molecule has 1 atom stereocenters. The van der Waals surface area contributed by atoms with Gasteiger partial charge >= 0.3 is 5.97 Å². The zero-order valence-electron chi connectivity index (χ0n) is 14.4. The summed E-state index contributed by atoms with van der Waals surface area (Å²) in [4.78, 5) is 24.3. The molecule has 5 nitrogen and oxygen atoms in total. The maximum atomic E-state index is 12.3. The Bertz CT molecular complexity index is 599. The summed E-state index contributed by atoms with van der Waals surface area (Å²) in [6.45, 7) is 9.40. The lowest BCUT2D eigenvalue weighted by Crippen LogP contribution is -2.69. The first-order chi connectivity index (χ1) is 10.7. The van der Waals surface area contributed by atoms with Gasteiger partial charge in [-0.05, 0) is 45.7 Å². The number of hydrogen-bond acceptors (Lipinski definition) is 4. The van der Waals surface area contributed by atoms with Gasteiger partial charge in [-0.15, -0.1) is 0 Å². The van der Waals surface area contributed by atoms with Gasteiger partial charge in [-0.2, -0.15) is 0 Å². The van der Waals surface area contributed by atoms with Crippen molar-refractivity contribution in [2.45, 2.75) is 59.3 Å². The van der Waals surface area contributed by atoms with E-state index in [-0.39, 0.29) is 5.91 Å². The van der Waals surface area contributed by atoms with Gasteiger partial charge in [-0.3, -0.25) is 4.79 Å². The molecule has 1 aromatic rings. The van der Waals surface area contributed by atoms with E-state index < -0.39 is 23.2 Å². The van der Waals surface area contributed by atoms with Gasteiger partial charge in [0.2, 0.25) is 5.91 Å². The summed E-state index contributed by atoms with van der Waals surface area (Å²) in [5.41, 5.74) is -0.739. The van der Waals surface area contributed by atoms with Gasteiger partial charge in [-0.1, -0.05) is 26.0 Å². The smallest absolute Gasteiger partial charge is 0.342 e. The summed E-state index contributed by atoms with van der Waals surface area (Å²) in [5, 5.41) is 2.79. The van der Waals surface area contributed by atoms with Gasteiger partial charge in [-0.25, -0.2) is 4.79 Å². The SMILES string of the molecule is CCC1(CC)C(=O)N[C@@H]1Oc1ccccc1C(=O)OC(C)(C)C. The number of ether oxygens (including phenoxy) is 2. The van der Waals surface area contributed by atoms with Crippen molar-refractivity contribution in [3.8, 4) is 5.75 Å². The lowest BCUT2D eigenvalue weighted by Gasteiger charge is -2.47. The molecular weight excluding hydrogens is 294 g/mol. The Kier molecular flexibility index (Phi) is 4.68. The molecule has 1 saturated heterocycles. The molecule has 1 heterocycles. The Morgan fingerprint density at radius 1 is 1.22 bits per heavy atom. The summed E-state index contributed by atoms with van der Waals surface area (Å²) >= 11 is 0. The Morgan fingerprint density at radius 2 is 1.83 bits per heavy atom. The van der Waals surface area contributed by atoms with Gasteiger partial charge < -0.3 is 14.8 Å². The van der Waals surface area contributed by atoms with Crippen LogP contribution in [0.4, 0.5) is 0 Å². The third kappa shape index (κ3) is 3.33. The second-order valence-corrected chi connectivity index (χ2v) is 6.83. The predicted molar refractivity (Wildman–Crippen MR) is 87.2 cm³/mol. The normalized spacial score (nSPS) is 19.5. The highest BCUT2D eigenvalue weighted by Gasteiger charge is 2.54. The van der Waals surface area contributed by atoms with Crippen LogP contribution in [0.2, 0.25) is 0 Å². The third-order valence-electron chi connectivity index (χ3n) is 4.23. The van der Waals surface area contributed by atoms with Crippen molar-refractivity contribution < 1.29 is 19.1 Å². The lowest BCUT2D eigenvalue weighted by atomic mass is 9.73. The molecule has 2 rings (SSSR count). The minimum atomic E-state index is -0.578. The van der Waals surface area contributed by atoms with Crippen molar-refractivity contribution in [3.05, 3.63) is 29.8 Å². The quantitative estimate of drug-likeness (QED) is 0.668. The molecule has 1 aliphatic rings. The highest BCUT2D eigenvalue weighted by Crippen LogP contribution is 2.39. The Morgan fingerprint density at radius 3 is 2.35 bits per heavy atom. The zero-order valence-corrected chi connectivity index (χ0v) is 14.4. The first kappa shape index (κ1) is 17.3. The fourth-order valence-corrected chi connectivity index (χ4v) is 2.72. The topological polar surface area (TPSA) is 64.6 Å². The summed E-state index contributed by atoms with van der Waals surface area (Å²) in [6, 6.07) is 6.95. The number of amides is 1. The van der Waals surface area contributed by atoms with Crippen LogP contribution < -0.4 is 10.1 Å². The minimum absolute atomic E-state index is 0.00208. The predicted octanol–water partition coefficient (Wildman–Crippen LogP) is 3.28. The number of para-hydroxylation sites is 1. The van der Waals surface area contributed by atoms with E-state index in [0.717, 1.165) is 0 Å². The van der Waals surface area contributed by atoms with E-state index in [1.165, 1.54) is 0 Å². The third-order valence-corrected chi connectivity index (χ3v) is 4.23. The van der Waals surface area contributed by atoms with E-state index in [0.29, 0.717) is 24.2 Å². The number of rotatable bonds is 5. The number of hydrogen-bond donors (Lipinski definition) is 1. The number of carbonyl (C=O) groups excluding carboxylic acids is 2. The van der Waals surface area contributed by atoms with Gasteiger partial charge in [0, 0.05) is 0 Å². The van der Waals surface area contributed by atoms with Crippen molar-refractivity contribution >= 4 is 11.9 Å². The molecule has 1 amide bonds. The highest BCUT2D eigenvalue weighted by atomic mass is 16.6. The Balaban J connectivity index is 2.22. The van der Waals surface area contributed by atoms with E-state index in [9.17, 15) is 9.59 Å². The Hall–Kier alpha value is -2.04. The van der Waals surface area contributed by atoms with Crippen LogP contribution in [0.15, 0.2) is 24.3 Å². The average molecular weight is 319 g/mol. The van der Waals surface area contributed by atoms with Crippen LogP contribution >= 0.6 is 0 Å². The molecule has 0 radical (unpaired) electrons. The zero-order chi connectivity index (χ0) is 17.3. The molecule has 126 valence electrons. The van der Waals surface area contributed by atoms with E-state index in [1.807, 2.05) is 34.6 Å². The second-order valence-electron chi connectivity index (χ2n) is 6.83. The van der Waals surface area contributed by atoms with Crippen LogP contribution in [0, 0.1) is 5.41 Å². The number of esters is 1. The summed E-state index contributed by atoms with van der Waals surface area (Å²) in [5.74, 6) is -0.00220. The number of β-lactam (4-membered cyclic amide) rings is 1. The van der Waals surface area contributed by atoms with Crippen LogP contribution in [0.25, 0.3) is 0 Å². The molecule has 0 saturated carbocycles. The van der Waals surface area contributed by atoms with Crippen LogP contribution in [-0.2, 0) is 9.53 Å². The largest absolute Gasteiger partial charge is 0.469 e. The fourth-order valence-electron chi connectivity index (χ4n) is 2.72. The fraction of sp³-hybridized carbons (Fsp3) is 0.556. The standard InChI is InChI=1S/C18H25NO4/c1-6-18(7-2)15(21)19-16(18)22-13-11-9-8-10-12(13)14(20)23-17(3,4)5/h8-11,16H,6-7H2,1-5H3,(H,19,21)/t16-/m1/s1. The summed E-state index contributed by atoms with van der Waals surface area (Å²) in [6.07, 6.45) is 0.956. The van der Waals surface area contributed by atoms with Crippen LogP contribution in [0.5, 0.6) is 5.75 Å². The maximum Gasteiger partial charge on any atom is 0.342 e. The Labute approximate surface area is 137 Å². The van der Waals surface area contributed by atoms with Crippen LogP contribution in [-0.4, -0.2) is 23.7 Å².